The first kappa shape index (κ1) is 11.8. The Morgan fingerprint density at radius 3 is 2.67 bits per heavy atom. The lowest BCUT2D eigenvalue weighted by molar-refractivity contribution is 0.0504. The zero-order valence-electron chi connectivity index (χ0n) is 9.67. The second kappa shape index (κ2) is 5.54. The Balaban J connectivity index is 2.92. The molecule has 1 rings (SSSR count). The number of hydrogen-bond acceptors (Lipinski definition) is 2. The molecule has 1 aromatic carbocycles. The number of hydrogen-bond donors (Lipinski definition) is 0. The van der Waals surface area contributed by atoms with E-state index in [0.29, 0.717) is 12.2 Å². The van der Waals surface area contributed by atoms with Gasteiger partial charge in [-0.15, -0.1) is 0 Å². The fraction of sp³-hybridized carbons (Fsp3) is 0.462. The summed E-state index contributed by atoms with van der Waals surface area (Å²) >= 11 is 0. The summed E-state index contributed by atoms with van der Waals surface area (Å²) in [5, 5.41) is 0. The largest absolute Gasteiger partial charge is 0.462 e. The third kappa shape index (κ3) is 2.82. The number of rotatable bonds is 4. The number of carbonyl (C=O) groups is 1. The van der Waals surface area contributed by atoms with Gasteiger partial charge in [-0.25, -0.2) is 4.79 Å². The number of aryl methyl sites for hydroxylation is 1. The van der Waals surface area contributed by atoms with Crippen molar-refractivity contribution in [2.45, 2.75) is 33.6 Å². The Morgan fingerprint density at radius 2 is 2.07 bits per heavy atom. The topological polar surface area (TPSA) is 26.3 Å². The summed E-state index contributed by atoms with van der Waals surface area (Å²) in [6.45, 7) is 6.56. The Morgan fingerprint density at radius 1 is 1.33 bits per heavy atom. The lowest BCUT2D eigenvalue weighted by atomic mass is 10.00. The average Bonchev–Trinajstić information content (AvgIpc) is 2.25. The van der Waals surface area contributed by atoms with Gasteiger partial charge in [-0.05, 0) is 37.0 Å². The van der Waals surface area contributed by atoms with E-state index < -0.39 is 0 Å². The Bertz CT molecular complexity index is 342. The molecule has 0 heterocycles. The van der Waals surface area contributed by atoms with Crippen LogP contribution in [0.25, 0.3) is 0 Å². The van der Waals surface area contributed by atoms with Crippen molar-refractivity contribution in [3.05, 3.63) is 34.9 Å². The Hall–Kier alpha value is -1.31. The van der Waals surface area contributed by atoms with E-state index in [1.165, 1.54) is 0 Å². The number of esters is 1. The van der Waals surface area contributed by atoms with Gasteiger partial charge in [0.2, 0.25) is 0 Å². The third-order valence-electron chi connectivity index (χ3n) is 2.42. The van der Waals surface area contributed by atoms with Crippen LogP contribution >= 0.6 is 0 Å². The summed E-state index contributed by atoms with van der Waals surface area (Å²) in [7, 11) is 0. The van der Waals surface area contributed by atoms with Crippen LogP contribution in [0.15, 0.2) is 18.2 Å². The van der Waals surface area contributed by atoms with Gasteiger partial charge in [0.15, 0.2) is 0 Å². The molecular weight excluding hydrogens is 188 g/mol. The molecule has 0 aliphatic heterocycles. The van der Waals surface area contributed by atoms with E-state index >= 15 is 0 Å². The van der Waals surface area contributed by atoms with Crippen molar-refractivity contribution in [2.24, 2.45) is 0 Å². The summed E-state index contributed by atoms with van der Waals surface area (Å²) in [6, 6.07) is 5.76. The molecule has 0 aliphatic rings. The molecular formula is C13H18O2. The molecule has 0 saturated heterocycles. The molecule has 2 nitrogen and oxygen atoms in total. The highest BCUT2D eigenvalue weighted by atomic mass is 16.5. The molecule has 0 N–H and O–H groups in total. The monoisotopic (exact) mass is 206 g/mol. The van der Waals surface area contributed by atoms with Gasteiger partial charge in [-0.3, -0.25) is 0 Å². The lowest BCUT2D eigenvalue weighted by Crippen LogP contribution is -2.09. The van der Waals surface area contributed by atoms with Gasteiger partial charge < -0.3 is 4.74 Å². The maximum atomic E-state index is 11.7. The Kier molecular flexibility index (Phi) is 4.35. The molecule has 15 heavy (non-hydrogen) atoms. The van der Waals surface area contributed by atoms with Gasteiger partial charge >= 0.3 is 5.97 Å². The van der Waals surface area contributed by atoms with Crippen LogP contribution in [-0.2, 0) is 11.2 Å². The molecule has 0 saturated carbocycles. The zero-order valence-corrected chi connectivity index (χ0v) is 9.67. The van der Waals surface area contributed by atoms with E-state index in [9.17, 15) is 4.79 Å². The van der Waals surface area contributed by atoms with Crippen LogP contribution in [0.5, 0.6) is 0 Å². The van der Waals surface area contributed by atoms with Crippen LogP contribution in [0.2, 0.25) is 0 Å². The second-order valence-electron chi connectivity index (χ2n) is 3.59. The van der Waals surface area contributed by atoms with Crippen molar-refractivity contribution >= 4 is 5.97 Å². The van der Waals surface area contributed by atoms with Crippen molar-refractivity contribution in [3.8, 4) is 0 Å². The first-order chi connectivity index (χ1) is 7.20. The van der Waals surface area contributed by atoms with Gasteiger partial charge in [0.05, 0.1) is 12.2 Å². The standard InChI is InChI=1S/C13H18O2/c1-4-9-15-13(14)12-8-6-7-10(3)11(12)5-2/h6-8H,4-5,9H2,1-3H3. The van der Waals surface area contributed by atoms with E-state index in [-0.39, 0.29) is 5.97 Å². The second-order valence-corrected chi connectivity index (χ2v) is 3.59. The van der Waals surface area contributed by atoms with Crippen LogP contribution in [0, 0.1) is 6.92 Å². The molecule has 0 aliphatic carbocycles. The minimum Gasteiger partial charge on any atom is -0.462 e. The Labute approximate surface area is 91.3 Å². The summed E-state index contributed by atoms with van der Waals surface area (Å²) < 4.78 is 5.14. The van der Waals surface area contributed by atoms with E-state index in [1.807, 2.05) is 32.0 Å². The van der Waals surface area contributed by atoms with Crippen molar-refractivity contribution in [2.75, 3.05) is 6.61 Å². The van der Waals surface area contributed by atoms with Crippen LogP contribution in [-0.4, -0.2) is 12.6 Å². The van der Waals surface area contributed by atoms with E-state index in [0.717, 1.165) is 24.0 Å². The normalized spacial score (nSPS) is 10.1. The maximum absolute atomic E-state index is 11.7. The predicted molar refractivity (Wildman–Crippen MR) is 61.1 cm³/mol. The third-order valence-corrected chi connectivity index (χ3v) is 2.42. The quantitative estimate of drug-likeness (QED) is 0.707. The van der Waals surface area contributed by atoms with Gasteiger partial charge in [-0.2, -0.15) is 0 Å². The minimum atomic E-state index is -0.197. The maximum Gasteiger partial charge on any atom is 0.338 e. The highest BCUT2D eigenvalue weighted by Crippen LogP contribution is 2.15. The molecule has 0 spiro atoms. The van der Waals surface area contributed by atoms with Crippen LogP contribution < -0.4 is 0 Å². The van der Waals surface area contributed by atoms with E-state index in [1.54, 1.807) is 0 Å². The summed E-state index contributed by atoms with van der Waals surface area (Å²) in [4.78, 5) is 11.7. The van der Waals surface area contributed by atoms with Gasteiger partial charge in [0.1, 0.15) is 0 Å². The highest BCUT2D eigenvalue weighted by molar-refractivity contribution is 5.91. The number of carbonyl (C=O) groups excluding carboxylic acids is 1. The van der Waals surface area contributed by atoms with Gasteiger partial charge in [0, 0.05) is 0 Å². The van der Waals surface area contributed by atoms with Gasteiger partial charge in [0.25, 0.3) is 0 Å². The van der Waals surface area contributed by atoms with E-state index in [4.69, 9.17) is 4.74 Å². The van der Waals surface area contributed by atoms with Crippen LogP contribution in [0.4, 0.5) is 0 Å². The predicted octanol–water partition coefficient (Wildman–Crippen LogP) is 3.12. The summed E-state index contributed by atoms with van der Waals surface area (Å²) in [5.74, 6) is -0.197. The highest BCUT2D eigenvalue weighted by Gasteiger charge is 2.12. The van der Waals surface area contributed by atoms with Crippen LogP contribution in [0.3, 0.4) is 0 Å². The van der Waals surface area contributed by atoms with Crippen molar-refractivity contribution < 1.29 is 9.53 Å². The number of benzene rings is 1. The molecule has 1 aromatic rings. The average molecular weight is 206 g/mol. The molecule has 2 heteroatoms. The molecule has 0 aromatic heterocycles. The summed E-state index contributed by atoms with van der Waals surface area (Å²) in [5.41, 5.74) is 2.97. The molecule has 82 valence electrons. The minimum absolute atomic E-state index is 0.197. The molecule has 0 radical (unpaired) electrons. The molecule has 0 fully saturated rings. The zero-order chi connectivity index (χ0) is 11.3. The van der Waals surface area contributed by atoms with Crippen molar-refractivity contribution in [3.63, 3.8) is 0 Å². The first-order valence-electron chi connectivity index (χ1n) is 5.46. The van der Waals surface area contributed by atoms with Crippen molar-refractivity contribution in [1.82, 2.24) is 0 Å². The van der Waals surface area contributed by atoms with Crippen molar-refractivity contribution in [1.29, 1.82) is 0 Å². The smallest absolute Gasteiger partial charge is 0.338 e. The lowest BCUT2D eigenvalue weighted by Gasteiger charge is -2.09. The fourth-order valence-electron chi connectivity index (χ4n) is 1.64. The summed E-state index contributed by atoms with van der Waals surface area (Å²) in [6.07, 6.45) is 1.72. The molecule has 0 atom stereocenters. The molecule has 0 amide bonds. The number of ether oxygens (including phenoxy) is 1. The van der Waals surface area contributed by atoms with E-state index in [2.05, 4.69) is 6.92 Å². The molecule has 0 bridgehead atoms. The SMILES string of the molecule is CCCOC(=O)c1cccc(C)c1CC. The fourth-order valence-corrected chi connectivity index (χ4v) is 1.64. The van der Waals surface area contributed by atoms with Gasteiger partial charge in [-0.1, -0.05) is 26.0 Å². The first-order valence-corrected chi connectivity index (χ1v) is 5.46. The molecule has 0 unspecified atom stereocenters. The van der Waals surface area contributed by atoms with Crippen LogP contribution in [0.1, 0.15) is 41.8 Å².